The fourth-order valence-corrected chi connectivity index (χ4v) is 5.62. The van der Waals surface area contributed by atoms with Crippen LogP contribution in [-0.2, 0) is 16.6 Å². The summed E-state index contributed by atoms with van der Waals surface area (Å²) in [6.45, 7) is 1.00. The number of nitrogens with zero attached hydrogens (tertiary/aromatic N) is 2. The Morgan fingerprint density at radius 1 is 1.09 bits per heavy atom. The van der Waals surface area contributed by atoms with Gasteiger partial charge in [-0.2, -0.15) is 4.31 Å². The maximum atomic E-state index is 14.5. The zero-order valence-corrected chi connectivity index (χ0v) is 19.0. The average Bonchev–Trinajstić information content (AvgIpc) is 3.48. The first-order chi connectivity index (χ1) is 15.3. The molecule has 4 rings (SSSR count). The Balaban J connectivity index is 1.65. The molecule has 0 atom stereocenters. The quantitative estimate of drug-likeness (QED) is 0.601. The summed E-state index contributed by atoms with van der Waals surface area (Å²) in [5, 5.41) is 0. The Morgan fingerprint density at radius 2 is 1.81 bits per heavy atom. The summed E-state index contributed by atoms with van der Waals surface area (Å²) in [6, 6.07) is 9.00. The molecule has 0 aromatic heterocycles. The molecule has 0 bridgehead atoms. The number of rotatable bonds is 8. The van der Waals surface area contributed by atoms with Gasteiger partial charge in [-0.25, -0.2) is 12.8 Å². The second-order valence-electron chi connectivity index (χ2n) is 8.10. The third-order valence-electron chi connectivity index (χ3n) is 5.94. The van der Waals surface area contributed by atoms with Crippen LogP contribution in [0.3, 0.4) is 0 Å². The lowest BCUT2D eigenvalue weighted by Gasteiger charge is -2.24. The van der Waals surface area contributed by atoms with E-state index in [4.69, 9.17) is 9.47 Å². The Morgan fingerprint density at radius 3 is 2.44 bits per heavy atom. The molecule has 0 unspecified atom stereocenters. The van der Waals surface area contributed by atoms with Crippen molar-refractivity contribution in [1.82, 2.24) is 9.21 Å². The zero-order chi connectivity index (χ0) is 22.9. The summed E-state index contributed by atoms with van der Waals surface area (Å²) < 4.78 is 52.4. The third-order valence-corrected chi connectivity index (χ3v) is 7.85. The van der Waals surface area contributed by atoms with Gasteiger partial charge in [0.1, 0.15) is 22.2 Å². The smallest absolute Gasteiger partial charge is 0.254 e. The summed E-state index contributed by atoms with van der Waals surface area (Å²) in [6.07, 6.45) is 3.21. The molecule has 1 saturated carbocycles. The fourth-order valence-electron chi connectivity index (χ4n) is 4.01. The molecule has 2 aromatic carbocycles. The maximum absolute atomic E-state index is 14.5. The van der Waals surface area contributed by atoms with Gasteiger partial charge in [-0.15, -0.1) is 0 Å². The van der Waals surface area contributed by atoms with Crippen molar-refractivity contribution >= 4 is 15.9 Å². The molecule has 2 aromatic rings. The summed E-state index contributed by atoms with van der Waals surface area (Å²) in [4.78, 5) is 14.7. The van der Waals surface area contributed by atoms with Crippen LogP contribution in [0.15, 0.2) is 41.3 Å². The second kappa shape index (κ2) is 9.07. The first kappa shape index (κ1) is 22.5. The van der Waals surface area contributed by atoms with Crippen molar-refractivity contribution in [2.24, 2.45) is 0 Å². The van der Waals surface area contributed by atoms with Gasteiger partial charge >= 0.3 is 0 Å². The lowest BCUT2D eigenvalue weighted by Crippen LogP contribution is -2.33. The molecule has 9 heteroatoms. The van der Waals surface area contributed by atoms with E-state index in [0.717, 1.165) is 37.3 Å². The van der Waals surface area contributed by atoms with Gasteiger partial charge in [0.05, 0.1) is 20.8 Å². The van der Waals surface area contributed by atoms with Crippen molar-refractivity contribution in [3.8, 4) is 11.5 Å². The van der Waals surface area contributed by atoms with Crippen molar-refractivity contribution in [3.05, 3.63) is 53.3 Å². The SMILES string of the molecule is COc1ccc(OC)c(CN(C(=O)c2ccc(F)c(S(=O)(=O)N3CCCC3)c2)C2CC2)c1. The number of halogens is 1. The third kappa shape index (κ3) is 4.45. The van der Waals surface area contributed by atoms with Crippen LogP contribution in [-0.4, -0.2) is 56.9 Å². The number of carbonyl (C=O) groups excluding carboxylic acids is 1. The molecule has 0 N–H and O–H groups in total. The molecule has 2 aliphatic rings. The number of hydrogen-bond donors (Lipinski definition) is 0. The van der Waals surface area contributed by atoms with Crippen molar-refractivity contribution in [2.45, 2.75) is 43.2 Å². The monoisotopic (exact) mass is 462 g/mol. The van der Waals surface area contributed by atoms with Crippen LogP contribution in [0.25, 0.3) is 0 Å². The predicted molar refractivity (Wildman–Crippen MR) is 117 cm³/mol. The Bertz CT molecular complexity index is 1110. The first-order valence-electron chi connectivity index (χ1n) is 10.7. The van der Waals surface area contributed by atoms with Crippen molar-refractivity contribution in [1.29, 1.82) is 0 Å². The molecule has 1 aliphatic carbocycles. The van der Waals surface area contributed by atoms with E-state index in [-0.39, 0.29) is 24.1 Å². The summed E-state index contributed by atoms with van der Waals surface area (Å²) >= 11 is 0. The highest BCUT2D eigenvalue weighted by Crippen LogP contribution is 2.34. The van der Waals surface area contributed by atoms with Crippen molar-refractivity contribution in [3.63, 3.8) is 0 Å². The standard InChI is InChI=1S/C23H27FN2O5S/c1-30-19-8-10-21(31-2)17(13-19)15-26(18-6-7-18)23(27)16-5-9-20(24)22(14-16)32(28,29)25-11-3-4-12-25/h5,8-10,13-14,18H,3-4,6-7,11-12,15H2,1-2H3. The van der Waals surface area contributed by atoms with Crippen LogP contribution in [0.2, 0.25) is 0 Å². The van der Waals surface area contributed by atoms with Gasteiger partial charge in [0.15, 0.2) is 0 Å². The number of hydrogen-bond acceptors (Lipinski definition) is 5. The summed E-state index contributed by atoms with van der Waals surface area (Å²) in [5.41, 5.74) is 0.928. The van der Waals surface area contributed by atoms with E-state index in [1.165, 1.54) is 16.4 Å². The molecule has 32 heavy (non-hydrogen) atoms. The van der Waals surface area contributed by atoms with Crippen molar-refractivity contribution < 1.29 is 27.1 Å². The minimum Gasteiger partial charge on any atom is -0.497 e. The van der Waals surface area contributed by atoms with E-state index >= 15 is 0 Å². The molecule has 172 valence electrons. The Kier molecular flexibility index (Phi) is 6.39. The maximum Gasteiger partial charge on any atom is 0.254 e. The molecule has 7 nitrogen and oxygen atoms in total. The van der Waals surface area contributed by atoms with Crippen LogP contribution in [0.5, 0.6) is 11.5 Å². The number of amides is 1. The number of ether oxygens (including phenoxy) is 2. The van der Waals surface area contributed by atoms with E-state index < -0.39 is 20.7 Å². The van der Waals surface area contributed by atoms with Crippen LogP contribution in [0, 0.1) is 5.82 Å². The highest BCUT2D eigenvalue weighted by atomic mass is 32.2. The second-order valence-corrected chi connectivity index (χ2v) is 10.0. The van der Waals surface area contributed by atoms with Gasteiger partial charge in [-0.05, 0) is 62.1 Å². The van der Waals surface area contributed by atoms with Gasteiger partial charge in [0.2, 0.25) is 10.0 Å². The highest BCUT2D eigenvalue weighted by molar-refractivity contribution is 7.89. The number of sulfonamides is 1. The number of methoxy groups -OCH3 is 2. The van der Waals surface area contributed by atoms with Gasteiger partial charge < -0.3 is 14.4 Å². The molecule has 2 fully saturated rings. The average molecular weight is 463 g/mol. The zero-order valence-electron chi connectivity index (χ0n) is 18.2. The van der Waals surface area contributed by atoms with E-state index in [1.807, 2.05) is 6.07 Å². The van der Waals surface area contributed by atoms with Crippen LogP contribution < -0.4 is 9.47 Å². The van der Waals surface area contributed by atoms with Gasteiger partial charge in [0, 0.05) is 30.3 Å². The lowest BCUT2D eigenvalue weighted by molar-refractivity contribution is 0.0728. The summed E-state index contributed by atoms with van der Waals surface area (Å²) in [5.74, 6) is 0.0848. The largest absolute Gasteiger partial charge is 0.497 e. The van der Waals surface area contributed by atoms with E-state index in [1.54, 1.807) is 31.3 Å². The number of carbonyl (C=O) groups is 1. The Hall–Kier alpha value is -2.65. The van der Waals surface area contributed by atoms with Crippen molar-refractivity contribution in [2.75, 3.05) is 27.3 Å². The van der Waals surface area contributed by atoms with Gasteiger partial charge in [-0.1, -0.05) is 0 Å². The topological polar surface area (TPSA) is 76.1 Å². The van der Waals surface area contributed by atoms with Gasteiger partial charge in [0.25, 0.3) is 5.91 Å². The molecule has 1 amide bonds. The molecule has 1 heterocycles. The minimum absolute atomic E-state index is 0.0436. The fraction of sp³-hybridized carbons (Fsp3) is 0.435. The normalized spacial score (nSPS) is 16.7. The van der Waals surface area contributed by atoms with E-state index in [2.05, 4.69) is 0 Å². The molecule has 1 aliphatic heterocycles. The number of benzene rings is 2. The van der Waals surface area contributed by atoms with E-state index in [0.29, 0.717) is 24.6 Å². The molecular weight excluding hydrogens is 435 g/mol. The lowest BCUT2D eigenvalue weighted by atomic mass is 10.1. The molecular formula is C23H27FN2O5S. The van der Waals surface area contributed by atoms with Crippen LogP contribution >= 0.6 is 0 Å². The van der Waals surface area contributed by atoms with Gasteiger partial charge in [-0.3, -0.25) is 4.79 Å². The summed E-state index contributed by atoms with van der Waals surface area (Å²) in [7, 11) is -0.858. The predicted octanol–water partition coefficient (Wildman–Crippen LogP) is 3.43. The van der Waals surface area contributed by atoms with Crippen LogP contribution in [0.1, 0.15) is 41.6 Å². The van der Waals surface area contributed by atoms with Crippen LogP contribution in [0.4, 0.5) is 4.39 Å². The highest BCUT2D eigenvalue weighted by Gasteiger charge is 2.35. The molecule has 1 saturated heterocycles. The minimum atomic E-state index is -3.98. The molecule has 0 spiro atoms. The molecule has 0 radical (unpaired) electrons. The Labute approximate surface area is 187 Å². The van der Waals surface area contributed by atoms with E-state index in [9.17, 15) is 17.6 Å². The first-order valence-corrected chi connectivity index (χ1v) is 12.1.